The van der Waals surface area contributed by atoms with Gasteiger partial charge in [-0.1, -0.05) is 13.3 Å². The molecule has 3 nitrogen and oxygen atoms in total. The number of nitrogens with zero attached hydrogens (tertiary/aromatic N) is 1. The van der Waals surface area contributed by atoms with Gasteiger partial charge in [0.25, 0.3) is 0 Å². The SMILES string of the molecule is CCC(CS)CN(CCCOC)CCOC. The van der Waals surface area contributed by atoms with Gasteiger partial charge in [-0.25, -0.2) is 0 Å². The summed E-state index contributed by atoms with van der Waals surface area (Å²) in [5.41, 5.74) is 0. The van der Waals surface area contributed by atoms with Crippen molar-refractivity contribution in [2.24, 2.45) is 5.92 Å². The number of thiol groups is 1. The highest BCUT2D eigenvalue weighted by molar-refractivity contribution is 7.80. The monoisotopic (exact) mass is 249 g/mol. The van der Waals surface area contributed by atoms with Gasteiger partial charge in [0.1, 0.15) is 0 Å². The van der Waals surface area contributed by atoms with Gasteiger partial charge >= 0.3 is 0 Å². The maximum absolute atomic E-state index is 5.14. The summed E-state index contributed by atoms with van der Waals surface area (Å²) in [5, 5.41) is 0. The van der Waals surface area contributed by atoms with E-state index in [0.717, 1.165) is 45.0 Å². The third kappa shape index (κ3) is 8.39. The largest absolute Gasteiger partial charge is 0.385 e. The van der Waals surface area contributed by atoms with E-state index in [1.807, 2.05) is 0 Å². The Kier molecular flexibility index (Phi) is 11.9. The second kappa shape index (κ2) is 11.7. The maximum atomic E-state index is 5.14. The summed E-state index contributed by atoms with van der Waals surface area (Å²) >= 11 is 4.39. The number of ether oxygens (including phenoxy) is 2. The molecule has 0 aromatic heterocycles. The Morgan fingerprint density at radius 2 is 1.81 bits per heavy atom. The van der Waals surface area contributed by atoms with Crippen LogP contribution in [0.15, 0.2) is 0 Å². The molecule has 0 rings (SSSR count). The van der Waals surface area contributed by atoms with Crippen molar-refractivity contribution < 1.29 is 9.47 Å². The lowest BCUT2D eigenvalue weighted by Gasteiger charge is -2.25. The Morgan fingerprint density at radius 3 is 2.31 bits per heavy atom. The van der Waals surface area contributed by atoms with Crippen LogP contribution >= 0.6 is 12.6 Å². The van der Waals surface area contributed by atoms with Crippen molar-refractivity contribution in [1.29, 1.82) is 0 Å². The Morgan fingerprint density at radius 1 is 1.12 bits per heavy atom. The molecule has 16 heavy (non-hydrogen) atoms. The minimum atomic E-state index is 0.683. The van der Waals surface area contributed by atoms with Gasteiger partial charge in [0.15, 0.2) is 0 Å². The second-order valence-corrected chi connectivity index (χ2v) is 4.46. The van der Waals surface area contributed by atoms with Crippen LogP contribution in [0.3, 0.4) is 0 Å². The van der Waals surface area contributed by atoms with Gasteiger partial charge in [-0.15, -0.1) is 0 Å². The van der Waals surface area contributed by atoms with Crippen LogP contribution in [0.25, 0.3) is 0 Å². The Hall–Kier alpha value is 0.230. The highest BCUT2D eigenvalue weighted by Gasteiger charge is 2.11. The molecule has 1 atom stereocenters. The molecule has 0 saturated carbocycles. The molecule has 0 N–H and O–H groups in total. The second-order valence-electron chi connectivity index (χ2n) is 4.10. The van der Waals surface area contributed by atoms with Crippen molar-refractivity contribution in [1.82, 2.24) is 4.90 Å². The summed E-state index contributed by atoms with van der Waals surface area (Å²) in [4.78, 5) is 2.45. The van der Waals surface area contributed by atoms with E-state index < -0.39 is 0 Å². The summed E-state index contributed by atoms with van der Waals surface area (Å²) < 4.78 is 10.2. The molecule has 0 heterocycles. The van der Waals surface area contributed by atoms with Crippen LogP contribution in [-0.2, 0) is 9.47 Å². The molecule has 0 radical (unpaired) electrons. The van der Waals surface area contributed by atoms with E-state index in [4.69, 9.17) is 9.47 Å². The lowest BCUT2D eigenvalue weighted by Crippen LogP contribution is -2.34. The Balaban J connectivity index is 3.87. The first-order valence-electron chi connectivity index (χ1n) is 6.09. The van der Waals surface area contributed by atoms with Crippen molar-refractivity contribution in [3.8, 4) is 0 Å². The van der Waals surface area contributed by atoms with Gasteiger partial charge in [0, 0.05) is 40.5 Å². The van der Waals surface area contributed by atoms with E-state index in [1.54, 1.807) is 14.2 Å². The maximum Gasteiger partial charge on any atom is 0.0589 e. The molecular formula is C12H27NO2S. The van der Waals surface area contributed by atoms with E-state index in [1.165, 1.54) is 6.42 Å². The van der Waals surface area contributed by atoms with Crippen molar-refractivity contribution in [2.75, 3.05) is 52.8 Å². The lowest BCUT2D eigenvalue weighted by molar-refractivity contribution is 0.124. The molecule has 98 valence electrons. The first-order chi connectivity index (χ1) is 7.78. The molecule has 0 spiro atoms. The Bertz CT molecular complexity index is 143. The molecule has 0 aliphatic heterocycles. The summed E-state index contributed by atoms with van der Waals surface area (Å²) in [6.07, 6.45) is 2.28. The molecule has 0 aromatic carbocycles. The van der Waals surface area contributed by atoms with Gasteiger partial charge in [-0.05, 0) is 18.1 Å². The fraction of sp³-hybridized carbons (Fsp3) is 1.00. The van der Waals surface area contributed by atoms with Gasteiger partial charge in [-0.3, -0.25) is 0 Å². The molecule has 0 amide bonds. The summed E-state index contributed by atoms with van der Waals surface area (Å²) in [6.45, 7) is 7.07. The lowest BCUT2D eigenvalue weighted by atomic mass is 10.1. The smallest absolute Gasteiger partial charge is 0.0589 e. The molecule has 4 heteroatoms. The van der Waals surface area contributed by atoms with Crippen LogP contribution in [0.5, 0.6) is 0 Å². The third-order valence-corrected chi connectivity index (χ3v) is 3.30. The standard InChI is InChI=1S/C12H27NO2S/c1-4-12(11-16)10-13(7-9-15-3)6-5-8-14-2/h12,16H,4-11H2,1-3H3. The van der Waals surface area contributed by atoms with E-state index >= 15 is 0 Å². The number of methoxy groups -OCH3 is 2. The van der Waals surface area contributed by atoms with Gasteiger partial charge in [-0.2, -0.15) is 12.6 Å². The Labute approximate surface area is 106 Å². The van der Waals surface area contributed by atoms with E-state index in [2.05, 4.69) is 24.5 Å². The first kappa shape index (κ1) is 16.2. The zero-order valence-electron chi connectivity index (χ0n) is 10.9. The third-order valence-electron chi connectivity index (χ3n) is 2.79. The van der Waals surface area contributed by atoms with Crippen molar-refractivity contribution in [3.05, 3.63) is 0 Å². The van der Waals surface area contributed by atoms with Crippen LogP contribution in [0.4, 0.5) is 0 Å². The fourth-order valence-electron chi connectivity index (χ4n) is 1.63. The molecule has 0 saturated heterocycles. The zero-order valence-corrected chi connectivity index (χ0v) is 11.8. The molecule has 0 aliphatic carbocycles. The molecule has 0 aromatic rings. The fourth-order valence-corrected chi connectivity index (χ4v) is 2.00. The van der Waals surface area contributed by atoms with Crippen LogP contribution < -0.4 is 0 Å². The van der Waals surface area contributed by atoms with Gasteiger partial charge in [0.05, 0.1) is 6.61 Å². The van der Waals surface area contributed by atoms with Crippen molar-refractivity contribution in [3.63, 3.8) is 0 Å². The molecular weight excluding hydrogens is 222 g/mol. The first-order valence-corrected chi connectivity index (χ1v) is 6.72. The van der Waals surface area contributed by atoms with Crippen molar-refractivity contribution >= 4 is 12.6 Å². The quantitative estimate of drug-likeness (QED) is 0.447. The van der Waals surface area contributed by atoms with Crippen LogP contribution in [0.2, 0.25) is 0 Å². The summed E-state index contributed by atoms with van der Waals surface area (Å²) in [5.74, 6) is 1.65. The average molecular weight is 249 g/mol. The van der Waals surface area contributed by atoms with Crippen molar-refractivity contribution in [2.45, 2.75) is 19.8 Å². The predicted octanol–water partition coefficient (Wildman–Crippen LogP) is 1.93. The number of rotatable bonds is 11. The highest BCUT2D eigenvalue weighted by Crippen LogP contribution is 2.08. The predicted molar refractivity (Wildman–Crippen MR) is 72.4 cm³/mol. The number of hydrogen-bond donors (Lipinski definition) is 1. The van der Waals surface area contributed by atoms with E-state index in [0.29, 0.717) is 5.92 Å². The molecule has 0 fully saturated rings. The minimum absolute atomic E-state index is 0.683. The van der Waals surface area contributed by atoms with Gasteiger partial charge in [0.2, 0.25) is 0 Å². The van der Waals surface area contributed by atoms with Gasteiger partial charge < -0.3 is 14.4 Å². The summed E-state index contributed by atoms with van der Waals surface area (Å²) in [6, 6.07) is 0. The highest BCUT2D eigenvalue weighted by atomic mass is 32.1. The topological polar surface area (TPSA) is 21.7 Å². The number of hydrogen-bond acceptors (Lipinski definition) is 4. The van der Waals surface area contributed by atoms with E-state index in [-0.39, 0.29) is 0 Å². The summed E-state index contributed by atoms with van der Waals surface area (Å²) in [7, 11) is 3.51. The zero-order chi connectivity index (χ0) is 12.2. The normalized spacial score (nSPS) is 13.3. The van der Waals surface area contributed by atoms with Crippen LogP contribution in [0.1, 0.15) is 19.8 Å². The minimum Gasteiger partial charge on any atom is -0.385 e. The van der Waals surface area contributed by atoms with Crippen LogP contribution in [-0.4, -0.2) is 57.7 Å². The molecule has 0 aliphatic rings. The molecule has 0 bridgehead atoms. The van der Waals surface area contributed by atoms with Crippen LogP contribution in [0, 0.1) is 5.92 Å². The average Bonchev–Trinajstić information content (AvgIpc) is 2.32. The van der Waals surface area contributed by atoms with E-state index in [9.17, 15) is 0 Å². The molecule has 1 unspecified atom stereocenters.